The molecule has 2 fully saturated rings. The lowest BCUT2D eigenvalue weighted by atomic mass is 9.96. The molecule has 1 amide bonds. The first-order chi connectivity index (χ1) is 10.8. The topological polar surface area (TPSA) is 63.1 Å². The Morgan fingerprint density at radius 1 is 1.14 bits per heavy atom. The lowest BCUT2D eigenvalue weighted by molar-refractivity contribution is -0.122. The number of rotatable bonds is 5. The summed E-state index contributed by atoms with van der Waals surface area (Å²) in [6, 6.07) is 0. The standard InChI is InChI=1S/C16H25N5O/c22-15(17-10-12-3-4-12)11-20-8-5-13(6-9-20)16-19-18-14-2-1-7-21(14)16/h12-13H,1-11H2,(H,17,22). The molecule has 0 spiro atoms. The first-order valence-electron chi connectivity index (χ1n) is 8.70. The first kappa shape index (κ1) is 14.2. The van der Waals surface area contributed by atoms with E-state index in [0.29, 0.717) is 12.5 Å². The fraction of sp³-hybridized carbons (Fsp3) is 0.812. The lowest BCUT2D eigenvalue weighted by Gasteiger charge is -2.31. The zero-order valence-corrected chi connectivity index (χ0v) is 13.1. The van der Waals surface area contributed by atoms with Crippen LogP contribution in [0.25, 0.3) is 0 Å². The van der Waals surface area contributed by atoms with Gasteiger partial charge in [-0.25, -0.2) is 0 Å². The number of amides is 1. The van der Waals surface area contributed by atoms with Crippen molar-refractivity contribution in [2.75, 3.05) is 26.2 Å². The third-order valence-electron chi connectivity index (χ3n) is 5.24. The maximum atomic E-state index is 11.9. The number of aromatic nitrogens is 3. The van der Waals surface area contributed by atoms with E-state index in [2.05, 4.69) is 25.0 Å². The van der Waals surface area contributed by atoms with Crippen molar-refractivity contribution in [1.82, 2.24) is 25.0 Å². The number of aryl methyl sites for hydroxylation is 1. The SMILES string of the molecule is O=C(CN1CCC(c2nnc3n2CCC3)CC1)NCC1CC1. The molecule has 6 nitrogen and oxygen atoms in total. The summed E-state index contributed by atoms with van der Waals surface area (Å²) in [7, 11) is 0. The quantitative estimate of drug-likeness (QED) is 0.879. The maximum absolute atomic E-state index is 11.9. The highest BCUT2D eigenvalue weighted by Gasteiger charge is 2.28. The Labute approximate surface area is 131 Å². The number of hydrogen-bond acceptors (Lipinski definition) is 4. The summed E-state index contributed by atoms with van der Waals surface area (Å²) in [4.78, 5) is 14.2. The van der Waals surface area contributed by atoms with Crippen molar-refractivity contribution in [3.05, 3.63) is 11.6 Å². The van der Waals surface area contributed by atoms with Crippen LogP contribution >= 0.6 is 0 Å². The van der Waals surface area contributed by atoms with Gasteiger partial charge in [0.25, 0.3) is 0 Å². The molecule has 2 aliphatic heterocycles. The molecule has 1 aromatic rings. The summed E-state index contributed by atoms with van der Waals surface area (Å²) in [5.41, 5.74) is 0. The van der Waals surface area contributed by atoms with E-state index >= 15 is 0 Å². The van der Waals surface area contributed by atoms with E-state index in [1.165, 1.54) is 25.1 Å². The zero-order valence-electron chi connectivity index (χ0n) is 13.1. The molecule has 3 heterocycles. The van der Waals surface area contributed by atoms with Gasteiger partial charge in [-0.2, -0.15) is 0 Å². The minimum atomic E-state index is 0.189. The molecule has 1 saturated carbocycles. The van der Waals surface area contributed by atoms with Gasteiger partial charge in [0.05, 0.1) is 6.54 Å². The number of fused-ring (bicyclic) bond motifs is 1. The number of carbonyl (C=O) groups is 1. The fourth-order valence-corrected chi connectivity index (χ4v) is 3.66. The molecule has 120 valence electrons. The van der Waals surface area contributed by atoms with Crippen LogP contribution < -0.4 is 5.32 Å². The third-order valence-corrected chi connectivity index (χ3v) is 5.24. The number of nitrogens with zero attached hydrogens (tertiary/aromatic N) is 4. The van der Waals surface area contributed by atoms with E-state index in [1.54, 1.807) is 0 Å². The second kappa shape index (κ2) is 5.99. The second-order valence-electron chi connectivity index (χ2n) is 7.03. The van der Waals surface area contributed by atoms with E-state index < -0.39 is 0 Å². The second-order valence-corrected chi connectivity index (χ2v) is 7.03. The largest absolute Gasteiger partial charge is 0.355 e. The van der Waals surface area contributed by atoms with Gasteiger partial charge in [0.1, 0.15) is 11.6 Å². The molecule has 1 aliphatic carbocycles. The first-order valence-corrected chi connectivity index (χ1v) is 8.70. The predicted octanol–water partition coefficient (Wildman–Crippen LogP) is 0.930. The van der Waals surface area contributed by atoms with Crippen LogP contribution in [0.15, 0.2) is 0 Å². The number of hydrogen-bond donors (Lipinski definition) is 1. The van der Waals surface area contributed by atoms with Crippen molar-refractivity contribution in [1.29, 1.82) is 0 Å². The molecule has 0 unspecified atom stereocenters. The molecule has 22 heavy (non-hydrogen) atoms. The predicted molar refractivity (Wildman–Crippen MR) is 82.5 cm³/mol. The van der Waals surface area contributed by atoms with Crippen LogP contribution in [0.1, 0.15) is 49.7 Å². The Morgan fingerprint density at radius 2 is 1.95 bits per heavy atom. The van der Waals surface area contributed by atoms with Crippen LogP contribution in [0.3, 0.4) is 0 Å². The monoisotopic (exact) mass is 303 g/mol. The summed E-state index contributed by atoms with van der Waals surface area (Å²) in [6.45, 7) is 4.49. The Morgan fingerprint density at radius 3 is 2.73 bits per heavy atom. The van der Waals surface area contributed by atoms with Gasteiger partial charge in [-0.1, -0.05) is 0 Å². The van der Waals surface area contributed by atoms with Crippen LogP contribution in [0.5, 0.6) is 0 Å². The molecular weight excluding hydrogens is 278 g/mol. The van der Waals surface area contributed by atoms with Gasteiger partial charge in [-0.15, -0.1) is 10.2 Å². The maximum Gasteiger partial charge on any atom is 0.234 e. The van der Waals surface area contributed by atoms with Crippen molar-refractivity contribution < 1.29 is 4.79 Å². The number of nitrogens with one attached hydrogen (secondary N) is 1. The van der Waals surface area contributed by atoms with Gasteiger partial charge in [0, 0.05) is 25.4 Å². The van der Waals surface area contributed by atoms with Gasteiger partial charge >= 0.3 is 0 Å². The average molecular weight is 303 g/mol. The number of carbonyl (C=O) groups excluding carboxylic acids is 1. The van der Waals surface area contributed by atoms with Crippen LogP contribution in [0.4, 0.5) is 0 Å². The van der Waals surface area contributed by atoms with Gasteiger partial charge in [0.15, 0.2) is 0 Å². The zero-order chi connectivity index (χ0) is 14.9. The molecule has 3 aliphatic rings. The third kappa shape index (κ3) is 3.02. The molecule has 6 heteroatoms. The van der Waals surface area contributed by atoms with Gasteiger partial charge in [-0.05, 0) is 51.1 Å². The highest BCUT2D eigenvalue weighted by atomic mass is 16.2. The van der Waals surface area contributed by atoms with Crippen LogP contribution in [-0.4, -0.2) is 51.8 Å². The van der Waals surface area contributed by atoms with Crippen molar-refractivity contribution >= 4 is 5.91 Å². The normalized spacial score (nSPS) is 22.7. The summed E-state index contributed by atoms with van der Waals surface area (Å²) in [5, 5.41) is 11.8. The Balaban J connectivity index is 1.26. The highest BCUT2D eigenvalue weighted by molar-refractivity contribution is 5.78. The summed E-state index contributed by atoms with van der Waals surface area (Å²) in [6.07, 6.45) is 7.04. The van der Waals surface area contributed by atoms with Crippen molar-refractivity contribution in [3.8, 4) is 0 Å². The minimum Gasteiger partial charge on any atom is -0.355 e. The molecular formula is C16H25N5O. The van der Waals surface area contributed by atoms with Crippen molar-refractivity contribution in [2.45, 2.75) is 51.0 Å². The number of likely N-dealkylation sites (tertiary alicyclic amines) is 1. The summed E-state index contributed by atoms with van der Waals surface area (Å²) >= 11 is 0. The van der Waals surface area contributed by atoms with E-state index in [-0.39, 0.29) is 5.91 Å². The molecule has 0 aromatic carbocycles. The Bertz CT molecular complexity index is 543. The van der Waals surface area contributed by atoms with Crippen molar-refractivity contribution in [2.24, 2.45) is 5.92 Å². The summed E-state index contributed by atoms with van der Waals surface area (Å²) in [5.74, 6) is 3.81. The lowest BCUT2D eigenvalue weighted by Crippen LogP contribution is -2.41. The van der Waals surface area contributed by atoms with E-state index in [0.717, 1.165) is 57.2 Å². The molecule has 1 aromatic heterocycles. The molecule has 0 bridgehead atoms. The van der Waals surface area contributed by atoms with E-state index in [1.807, 2.05) is 0 Å². The fourth-order valence-electron chi connectivity index (χ4n) is 3.66. The Hall–Kier alpha value is -1.43. The molecule has 0 atom stereocenters. The molecule has 1 saturated heterocycles. The Kier molecular flexibility index (Phi) is 3.86. The molecule has 0 radical (unpaired) electrons. The average Bonchev–Trinajstić information content (AvgIpc) is 3.09. The van der Waals surface area contributed by atoms with Crippen molar-refractivity contribution in [3.63, 3.8) is 0 Å². The van der Waals surface area contributed by atoms with E-state index in [4.69, 9.17) is 0 Å². The number of piperidine rings is 1. The minimum absolute atomic E-state index is 0.189. The molecule has 1 N–H and O–H groups in total. The summed E-state index contributed by atoms with van der Waals surface area (Å²) < 4.78 is 2.32. The van der Waals surface area contributed by atoms with Crippen LogP contribution in [0, 0.1) is 5.92 Å². The molecule has 4 rings (SSSR count). The van der Waals surface area contributed by atoms with Gasteiger partial charge < -0.3 is 9.88 Å². The van der Waals surface area contributed by atoms with Crippen LogP contribution in [-0.2, 0) is 17.8 Å². The smallest absolute Gasteiger partial charge is 0.234 e. The highest BCUT2D eigenvalue weighted by Crippen LogP contribution is 2.29. The van der Waals surface area contributed by atoms with E-state index in [9.17, 15) is 4.79 Å². The van der Waals surface area contributed by atoms with Gasteiger partial charge in [0.2, 0.25) is 5.91 Å². The van der Waals surface area contributed by atoms with Crippen LogP contribution in [0.2, 0.25) is 0 Å². The van der Waals surface area contributed by atoms with Gasteiger partial charge in [-0.3, -0.25) is 9.69 Å².